The van der Waals surface area contributed by atoms with Gasteiger partial charge in [-0.25, -0.2) is 0 Å². The predicted molar refractivity (Wildman–Crippen MR) is 115 cm³/mol. The second-order valence-corrected chi connectivity index (χ2v) is 7.78. The molecule has 0 aliphatic carbocycles. The highest BCUT2D eigenvalue weighted by Gasteiger charge is 2.05. The highest BCUT2D eigenvalue weighted by molar-refractivity contribution is 14.1. The standard InChI is InChI=1S/C21H43IO2/c1-3-5-6-7-8-9-10-11-12-13-14-15-16-17-18-23-20-21(19-22)24-4-2/h21H,3-20H2,1-2H3. The number of halogens is 1. The van der Waals surface area contributed by atoms with Crippen LogP contribution in [-0.2, 0) is 9.47 Å². The van der Waals surface area contributed by atoms with Crippen LogP contribution >= 0.6 is 22.6 Å². The van der Waals surface area contributed by atoms with Gasteiger partial charge >= 0.3 is 0 Å². The van der Waals surface area contributed by atoms with Gasteiger partial charge in [-0.15, -0.1) is 0 Å². The molecule has 0 aromatic rings. The number of rotatable bonds is 20. The van der Waals surface area contributed by atoms with E-state index in [4.69, 9.17) is 9.47 Å². The van der Waals surface area contributed by atoms with E-state index in [1.54, 1.807) is 0 Å². The van der Waals surface area contributed by atoms with Crippen LogP contribution in [0.15, 0.2) is 0 Å². The van der Waals surface area contributed by atoms with Gasteiger partial charge in [0.25, 0.3) is 0 Å². The van der Waals surface area contributed by atoms with E-state index in [0.29, 0.717) is 0 Å². The molecular weight excluding hydrogens is 411 g/mol. The second-order valence-electron chi connectivity index (χ2n) is 6.90. The van der Waals surface area contributed by atoms with Crippen LogP contribution < -0.4 is 0 Å². The van der Waals surface area contributed by atoms with Gasteiger partial charge in [0.05, 0.1) is 12.7 Å². The SMILES string of the molecule is CCCCCCCCCCCCCCCCOCC(CI)OCC. The second kappa shape index (κ2) is 21.7. The van der Waals surface area contributed by atoms with E-state index in [1.165, 1.54) is 89.9 Å². The van der Waals surface area contributed by atoms with E-state index in [1.807, 2.05) is 6.92 Å². The Kier molecular flexibility index (Phi) is 22.3. The molecule has 1 unspecified atom stereocenters. The molecule has 24 heavy (non-hydrogen) atoms. The molecule has 0 aromatic heterocycles. The predicted octanol–water partition coefficient (Wildman–Crippen LogP) is 7.32. The summed E-state index contributed by atoms with van der Waals surface area (Å²) in [5, 5.41) is 0. The number of ether oxygens (including phenoxy) is 2. The maximum atomic E-state index is 5.72. The van der Waals surface area contributed by atoms with Crippen molar-refractivity contribution < 1.29 is 9.47 Å². The molecule has 146 valence electrons. The van der Waals surface area contributed by atoms with Crippen molar-refractivity contribution in [2.24, 2.45) is 0 Å². The lowest BCUT2D eigenvalue weighted by Gasteiger charge is -2.14. The highest BCUT2D eigenvalue weighted by Crippen LogP contribution is 2.13. The van der Waals surface area contributed by atoms with E-state index in [9.17, 15) is 0 Å². The van der Waals surface area contributed by atoms with E-state index in [0.717, 1.165) is 24.2 Å². The van der Waals surface area contributed by atoms with Crippen LogP contribution in [0.3, 0.4) is 0 Å². The van der Waals surface area contributed by atoms with Crippen LogP contribution in [-0.4, -0.2) is 30.4 Å². The van der Waals surface area contributed by atoms with E-state index >= 15 is 0 Å². The summed E-state index contributed by atoms with van der Waals surface area (Å²) in [7, 11) is 0. The van der Waals surface area contributed by atoms with Gasteiger partial charge in [0.2, 0.25) is 0 Å². The molecule has 0 radical (unpaired) electrons. The minimum atomic E-state index is 0.280. The maximum Gasteiger partial charge on any atom is 0.0897 e. The summed E-state index contributed by atoms with van der Waals surface area (Å²) < 4.78 is 12.3. The Bertz CT molecular complexity index is 224. The molecule has 0 aromatic carbocycles. The fourth-order valence-corrected chi connectivity index (χ4v) is 3.49. The van der Waals surface area contributed by atoms with Crippen molar-refractivity contribution >= 4 is 22.6 Å². The molecule has 0 rings (SSSR count). The molecule has 0 aliphatic heterocycles. The smallest absolute Gasteiger partial charge is 0.0897 e. The van der Waals surface area contributed by atoms with E-state index in [2.05, 4.69) is 29.5 Å². The van der Waals surface area contributed by atoms with Gasteiger partial charge in [0.1, 0.15) is 0 Å². The van der Waals surface area contributed by atoms with Gasteiger partial charge in [-0.2, -0.15) is 0 Å². The Morgan fingerprint density at radius 3 is 1.54 bits per heavy atom. The molecular formula is C21H43IO2. The first kappa shape index (κ1) is 24.7. The van der Waals surface area contributed by atoms with E-state index < -0.39 is 0 Å². The summed E-state index contributed by atoms with van der Waals surface area (Å²) >= 11 is 2.37. The lowest BCUT2D eigenvalue weighted by Crippen LogP contribution is -2.21. The molecule has 0 bridgehead atoms. The van der Waals surface area contributed by atoms with Crippen LogP contribution in [0.25, 0.3) is 0 Å². The molecule has 1 atom stereocenters. The average molecular weight is 454 g/mol. The first-order valence-corrected chi connectivity index (χ1v) is 12.1. The van der Waals surface area contributed by atoms with Crippen LogP contribution in [0.4, 0.5) is 0 Å². The van der Waals surface area contributed by atoms with Gasteiger partial charge in [-0.05, 0) is 13.3 Å². The lowest BCUT2D eigenvalue weighted by atomic mass is 10.0. The summed E-state index contributed by atoms with van der Waals surface area (Å²) in [6.07, 6.45) is 20.0. The van der Waals surface area contributed by atoms with Crippen LogP contribution in [0.5, 0.6) is 0 Å². The summed E-state index contributed by atoms with van der Waals surface area (Å²) in [6, 6.07) is 0. The maximum absolute atomic E-state index is 5.72. The van der Waals surface area contributed by atoms with E-state index in [-0.39, 0.29) is 6.10 Å². The fraction of sp³-hybridized carbons (Fsp3) is 1.00. The number of alkyl halides is 1. The highest BCUT2D eigenvalue weighted by atomic mass is 127. The Hall–Kier alpha value is 0.650. The number of unbranched alkanes of at least 4 members (excludes halogenated alkanes) is 13. The van der Waals surface area contributed by atoms with Crippen LogP contribution in [0.2, 0.25) is 0 Å². The molecule has 0 spiro atoms. The Morgan fingerprint density at radius 2 is 1.12 bits per heavy atom. The van der Waals surface area contributed by atoms with Crippen LogP contribution in [0.1, 0.15) is 104 Å². The summed E-state index contributed by atoms with van der Waals surface area (Å²) in [6.45, 7) is 6.79. The first-order valence-electron chi connectivity index (χ1n) is 10.6. The molecule has 3 heteroatoms. The fourth-order valence-electron chi connectivity index (χ4n) is 2.99. The zero-order valence-electron chi connectivity index (χ0n) is 16.5. The van der Waals surface area contributed by atoms with Crippen molar-refractivity contribution in [1.82, 2.24) is 0 Å². The normalized spacial score (nSPS) is 12.6. The molecule has 0 saturated carbocycles. The third-order valence-corrected chi connectivity index (χ3v) is 5.50. The zero-order chi connectivity index (χ0) is 17.7. The van der Waals surface area contributed by atoms with Gasteiger partial charge in [0, 0.05) is 17.6 Å². The van der Waals surface area contributed by atoms with Gasteiger partial charge in [-0.1, -0.05) is 113 Å². The zero-order valence-corrected chi connectivity index (χ0v) is 18.7. The summed E-state index contributed by atoms with van der Waals surface area (Å²) in [5.41, 5.74) is 0. The number of hydrogen-bond donors (Lipinski definition) is 0. The number of hydrogen-bond acceptors (Lipinski definition) is 2. The summed E-state index contributed by atoms with van der Waals surface area (Å²) in [4.78, 5) is 0. The van der Waals surface area contributed by atoms with Gasteiger partial charge < -0.3 is 9.47 Å². The topological polar surface area (TPSA) is 18.5 Å². The Labute approximate surface area is 166 Å². The van der Waals surface area contributed by atoms with Gasteiger partial charge in [0.15, 0.2) is 0 Å². The Balaban J connectivity index is 3.07. The Morgan fingerprint density at radius 1 is 0.667 bits per heavy atom. The molecule has 0 heterocycles. The van der Waals surface area contributed by atoms with Crippen molar-refractivity contribution in [1.29, 1.82) is 0 Å². The molecule has 0 amide bonds. The average Bonchev–Trinajstić information content (AvgIpc) is 2.60. The summed E-state index contributed by atoms with van der Waals surface area (Å²) in [5.74, 6) is 0. The lowest BCUT2D eigenvalue weighted by molar-refractivity contribution is 0.00159. The minimum Gasteiger partial charge on any atom is -0.379 e. The molecule has 0 aliphatic rings. The van der Waals surface area contributed by atoms with Crippen molar-refractivity contribution in [2.75, 3.05) is 24.2 Å². The molecule has 0 saturated heterocycles. The molecule has 2 nitrogen and oxygen atoms in total. The third kappa shape index (κ3) is 19.0. The van der Waals surface area contributed by atoms with Crippen LogP contribution in [0, 0.1) is 0 Å². The van der Waals surface area contributed by atoms with Crippen molar-refractivity contribution in [2.45, 2.75) is 110 Å². The monoisotopic (exact) mass is 454 g/mol. The first-order chi connectivity index (χ1) is 11.8. The largest absolute Gasteiger partial charge is 0.379 e. The third-order valence-electron chi connectivity index (χ3n) is 4.52. The van der Waals surface area contributed by atoms with Crippen molar-refractivity contribution in [3.05, 3.63) is 0 Å². The molecule has 0 N–H and O–H groups in total. The molecule has 0 fully saturated rings. The van der Waals surface area contributed by atoms with Gasteiger partial charge in [-0.3, -0.25) is 0 Å². The van der Waals surface area contributed by atoms with Crippen molar-refractivity contribution in [3.63, 3.8) is 0 Å². The quantitative estimate of drug-likeness (QED) is 0.109. The minimum absolute atomic E-state index is 0.280. The van der Waals surface area contributed by atoms with Crippen molar-refractivity contribution in [3.8, 4) is 0 Å².